The average Bonchev–Trinajstić information content (AvgIpc) is 3.14. The van der Waals surface area contributed by atoms with Gasteiger partial charge in [0.05, 0.1) is 9.88 Å². The van der Waals surface area contributed by atoms with E-state index in [9.17, 15) is 0 Å². The van der Waals surface area contributed by atoms with Gasteiger partial charge in [-0.25, -0.2) is 4.98 Å². The molecule has 0 radical (unpaired) electrons. The molecule has 4 rings (SSSR count). The summed E-state index contributed by atoms with van der Waals surface area (Å²) in [5.41, 5.74) is 2.64. The van der Waals surface area contributed by atoms with Gasteiger partial charge in [-0.1, -0.05) is 12.1 Å². The maximum atomic E-state index is 5.45. The Hall–Kier alpha value is -1.04. The fraction of sp³-hybridized carbons (Fsp3) is 0.500. The van der Waals surface area contributed by atoms with Crippen LogP contribution in [0.15, 0.2) is 30.5 Å². The summed E-state index contributed by atoms with van der Waals surface area (Å²) >= 11 is 3.90. The molecule has 0 N–H and O–H groups in total. The van der Waals surface area contributed by atoms with Crippen molar-refractivity contribution in [2.45, 2.75) is 18.8 Å². The number of hydrogen-bond acceptors (Lipinski definition) is 5. The first-order valence-electron chi connectivity index (χ1n) is 8.37. The van der Waals surface area contributed by atoms with E-state index in [0.717, 1.165) is 26.1 Å². The van der Waals surface area contributed by atoms with Gasteiger partial charge in [0.25, 0.3) is 0 Å². The highest BCUT2D eigenvalue weighted by Crippen LogP contribution is 2.35. The monoisotopic (exact) mass is 346 g/mol. The Bertz CT molecular complexity index is 629. The van der Waals surface area contributed by atoms with Crippen molar-refractivity contribution in [3.05, 3.63) is 35.5 Å². The second-order valence-electron chi connectivity index (χ2n) is 6.10. The summed E-state index contributed by atoms with van der Waals surface area (Å²) in [5, 5.41) is 1.28. The third-order valence-electron chi connectivity index (χ3n) is 4.62. The van der Waals surface area contributed by atoms with Crippen LogP contribution in [0.5, 0.6) is 0 Å². The van der Waals surface area contributed by atoms with Crippen molar-refractivity contribution >= 4 is 28.8 Å². The highest BCUT2D eigenvalue weighted by atomic mass is 32.2. The van der Waals surface area contributed by atoms with E-state index in [1.54, 1.807) is 0 Å². The van der Waals surface area contributed by atoms with Crippen molar-refractivity contribution in [3.8, 4) is 10.4 Å². The predicted molar refractivity (Wildman–Crippen MR) is 99.9 cm³/mol. The van der Waals surface area contributed by atoms with Crippen LogP contribution in [0.1, 0.15) is 23.8 Å². The molecule has 2 saturated heterocycles. The summed E-state index contributed by atoms with van der Waals surface area (Å²) in [6.07, 6.45) is 4.26. The molecule has 5 heteroatoms. The zero-order valence-electron chi connectivity index (χ0n) is 13.2. The first kappa shape index (κ1) is 15.5. The van der Waals surface area contributed by atoms with Gasteiger partial charge in [-0.15, -0.1) is 11.3 Å². The fourth-order valence-corrected chi connectivity index (χ4v) is 5.21. The molecule has 0 spiro atoms. The lowest BCUT2D eigenvalue weighted by molar-refractivity contribution is 0.0853. The van der Waals surface area contributed by atoms with Gasteiger partial charge in [-0.05, 0) is 30.5 Å². The van der Waals surface area contributed by atoms with Crippen molar-refractivity contribution in [3.63, 3.8) is 0 Å². The number of hydrogen-bond donors (Lipinski definition) is 0. The first-order chi connectivity index (χ1) is 11.4. The molecule has 0 bridgehead atoms. The summed E-state index contributed by atoms with van der Waals surface area (Å²) in [6.45, 7) is 4.09. The molecule has 0 saturated carbocycles. The van der Waals surface area contributed by atoms with Crippen LogP contribution in [0.3, 0.4) is 0 Å². The number of aromatic nitrogens is 1. The Morgan fingerprint density at radius 3 is 2.52 bits per heavy atom. The van der Waals surface area contributed by atoms with E-state index < -0.39 is 0 Å². The molecule has 0 unspecified atom stereocenters. The van der Waals surface area contributed by atoms with E-state index in [4.69, 9.17) is 4.74 Å². The number of nitrogens with zero attached hydrogens (tertiary/aromatic N) is 2. The number of ether oxygens (including phenoxy) is 1. The van der Waals surface area contributed by atoms with Crippen LogP contribution in [-0.4, -0.2) is 42.8 Å². The quantitative estimate of drug-likeness (QED) is 0.829. The molecule has 3 nitrogen and oxygen atoms in total. The number of benzene rings is 1. The number of thioether (sulfide) groups is 1. The van der Waals surface area contributed by atoms with Crippen molar-refractivity contribution in [2.24, 2.45) is 0 Å². The van der Waals surface area contributed by atoms with E-state index in [1.165, 1.54) is 45.7 Å². The minimum atomic E-state index is 0.590. The zero-order valence-corrected chi connectivity index (χ0v) is 14.9. The van der Waals surface area contributed by atoms with Gasteiger partial charge >= 0.3 is 0 Å². The summed E-state index contributed by atoms with van der Waals surface area (Å²) in [7, 11) is 0. The van der Waals surface area contributed by atoms with Crippen LogP contribution in [0.2, 0.25) is 0 Å². The minimum absolute atomic E-state index is 0.590. The Morgan fingerprint density at radius 2 is 1.78 bits per heavy atom. The highest BCUT2D eigenvalue weighted by molar-refractivity contribution is 7.99. The van der Waals surface area contributed by atoms with Crippen LogP contribution < -0.4 is 4.90 Å². The van der Waals surface area contributed by atoms with Crippen molar-refractivity contribution in [1.29, 1.82) is 0 Å². The van der Waals surface area contributed by atoms with Crippen molar-refractivity contribution in [2.75, 3.05) is 42.7 Å². The van der Waals surface area contributed by atoms with Gasteiger partial charge in [0.2, 0.25) is 0 Å². The summed E-state index contributed by atoms with van der Waals surface area (Å²) in [5.74, 6) is 3.07. The van der Waals surface area contributed by atoms with Gasteiger partial charge < -0.3 is 9.64 Å². The number of rotatable bonds is 3. The predicted octanol–water partition coefficient (Wildman–Crippen LogP) is 4.26. The summed E-state index contributed by atoms with van der Waals surface area (Å²) in [4.78, 5) is 8.45. The second-order valence-corrected chi connectivity index (χ2v) is 8.38. The molecule has 2 aromatic rings. The second kappa shape index (κ2) is 7.24. The maximum absolute atomic E-state index is 5.45. The van der Waals surface area contributed by atoms with Gasteiger partial charge in [-0.3, -0.25) is 0 Å². The normalized spacial score (nSPS) is 19.9. The Balaban J connectivity index is 1.48. The lowest BCUT2D eigenvalue weighted by Crippen LogP contribution is -2.32. The van der Waals surface area contributed by atoms with Crippen LogP contribution in [-0.2, 0) is 4.74 Å². The molecular weight excluding hydrogens is 324 g/mol. The lowest BCUT2D eigenvalue weighted by atomic mass is 10.0. The van der Waals surface area contributed by atoms with Crippen LogP contribution in [0.4, 0.5) is 5.69 Å². The summed E-state index contributed by atoms with van der Waals surface area (Å²) < 4.78 is 5.45. The van der Waals surface area contributed by atoms with Gasteiger partial charge in [0, 0.05) is 55.6 Å². The van der Waals surface area contributed by atoms with Crippen LogP contribution in [0, 0.1) is 0 Å². The largest absolute Gasteiger partial charge is 0.381 e. The molecule has 122 valence electrons. The Morgan fingerprint density at radius 1 is 1.04 bits per heavy atom. The smallest absolute Gasteiger partial charge is 0.0963 e. The van der Waals surface area contributed by atoms with E-state index in [2.05, 4.69) is 45.9 Å². The SMILES string of the molecule is c1cc(N2CCSCC2)ccc1-c1cnc(C2CCOCC2)s1. The van der Waals surface area contributed by atoms with Gasteiger partial charge in [0.1, 0.15) is 0 Å². The third-order valence-corrected chi connectivity index (χ3v) is 6.77. The van der Waals surface area contributed by atoms with E-state index >= 15 is 0 Å². The topological polar surface area (TPSA) is 25.4 Å². The zero-order chi connectivity index (χ0) is 15.5. The number of thiazole rings is 1. The molecular formula is C18H22N2OS2. The molecule has 0 aliphatic carbocycles. The molecule has 1 aromatic carbocycles. The van der Waals surface area contributed by atoms with Crippen molar-refractivity contribution < 1.29 is 4.74 Å². The summed E-state index contributed by atoms with van der Waals surface area (Å²) in [6, 6.07) is 9.02. The lowest BCUT2D eigenvalue weighted by Gasteiger charge is -2.28. The molecule has 2 aliphatic heterocycles. The number of anilines is 1. The molecule has 3 heterocycles. The first-order valence-corrected chi connectivity index (χ1v) is 10.3. The minimum Gasteiger partial charge on any atom is -0.381 e. The molecule has 1 aromatic heterocycles. The van der Waals surface area contributed by atoms with Gasteiger partial charge in [0.15, 0.2) is 0 Å². The molecule has 0 atom stereocenters. The molecule has 0 amide bonds. The average molecular weight is 347 g/mol. The van der Waals surface area contributed by atoms with Crippen LogP contribution in [0.25, 0.3) is 10.4 Å². The van der Waals surface area contributed by atoms with E-state index in [-0.39, 0.29) is 0 Å². The van der Waals surface area contributed by atoms with Gasteiger partial charge in [-0.2, -0.15) is 11.8 Å². The van der Waals surface area contributed by atoms with E-state index in [1.807, 2.05) is 17.5 Å². The van der Waals surface area contributed by atoms with Crippen molar-refractivity contribution in [1.82, 2.24) is 4.98 Å². The van der Waals surface area contributed by atoms with Crippen LogP contribution >= 0.6 is 23.1 Å². The molecule has 2 aliphatic rings. The molecule has 23 heavy (non-hydrogen) atoms. The standard InChI is InChI=1S/C18H22N2OS2/c1-3-16(20-7-11-22-12-8-20)4-2-14(1)17-13-19-18(23-17)15-5-9-21-10-6-15/h1-4,13,15H,5-12H2. The highest BCUT2D eigenvalue weighted by Gasteiger charge is 2.19. The van der Waals surface area contributed by atoms with E-state index in [0.29, 0.717) is 5.92 Å². The fourth-order valence-electron chi connectivity index (χ4n) is 3.21. The molecule has 2 fully saturated rings. The Labute approximate surface area is 146 Å². The Kier molecular flexibility index (Phi) is 4.88. The maximum Gasteiger partial charge on any atom is 0.0963 e. The third kappa shape index (κ3) is 3.57.